The fourth-order valence-electron chi connectivity index (χ4n) is 2.59. The van der Waals surface area contributed by atoms with E-state index < -0.39 is 16.1 Å². The second kappa shape index (κ2) is 8.14. The van der Waals surface area contributed by atoms with Crippen LogP contribution in [0.15, 0.2) is 17.0 Å². The van der Waals surface area contributed by atoms with E-state index in [9.17, 15) is 13.5 Å². The average Bonchev–Trinajstić information content (AvgIpc) is 2.51. The number of hydrogen-bond donors (Lipinski definition) is 2. The van der Waals surface area contributed by atoms with Crippen molar-refractivity contribution in [1.29, 1.82) is 0 Å². The predicted molar refractivity (Wildman–Crippen MR) is 90.6 cm³/mol. The molecule has 0 aliphatic carbocycles. The quantitative estimate of drug-likeness (QED) is 0.794. The number of ether oxygens (including phenoxy) is 1. The van der Waals surface area contributed by atoms with E-state index in [1.807, 2.05) is 0 Å². The molecule has 1 fully saturated rings. The van der Waals surface area contributed by atoms with Crippen LogP contribution < -0.4 is 4.72 Å². The zero-order chi connectivity index (χ0) is 17.0. The summed E-state index contributed by atoms with van der Waals surface area (Å²) in [5.74, 6) is 0.162. The average molecular weight is 382 g/mol. The number of hydrogen-bond acceptors (Lipinski definition) is 4. The van der Waals surface area contributed by atoms with Gasteiger partial charge in [-0.05, 0) is 49.8 Å². The van der Waals surface area contributed by atoms with Crippen LogP contribution in [0.25, 0.3) is 0 Å². The lowest BCUT2D eigenvalue weighted by atomic mass is 9.92. The molecular weight excluding hydrogens is 361 g/mol. The molecule has 0 saturated carbocycles. The van der Waals surface area contributed by atoms with E-state index in [4.69, 9.17) is 27.9 Å². The minimum absolute atomic E-state index is 0.00150. The van der Waals surface area contributed by atoms with E-state index in [0.717, 1.165) is 12.8 Å². The zero-order valence-corrected chi connectivity index (χ0v) is 15.2. The van der Waals surface area contributed by atoms with Gasteiger partial charge in [0, 0.05) is 24.8 Å². The van der Waals surface area contributed by atoms with Gasteiger partial charge in [-0.2, -0.15) is 0 Å². The molecule has 0 unspecified atom stereocenters. The topological polar surface area (TPSA) is 75.6 Å². The van der Waals surface area contributed by atoms with Crippen molar-refractivity contribution < 1.29 is 18.3 Å². The largest absolute Gasteiger partial charge is 0.393 e. The van der Waals surface area contributed by atoms with Crippen LogP contribution in [-0.2, 0) is 14.8 Å². The number of benzene rings is 1. The molecule has 1 aromatic rings. The summed E-state index contributed by atoms with van der Waals surface area (Å²) in [6, 6.07) is 2.87. The molecule has 2 rings (SSSR count). The first-order valence-corrected chi connectivity index (χ1v) is 9.76. The third kappa shape index (κ3) is 5.05. The zero-order valence-electron chi connectivity index (χ0n) is 12.9. The molecule has 130 valence electrons. The van der Waals surface area contributed by atoms with Crippen molar-refractivity contribution in [3.63, 3.8) is 0 Å². The normalized spacial score (nSPS) is 18.1. The molecule has 2 N–H and O–H groups in total. The summed E-state index contributed by atoms with van der Waals surface area (Å²) in [5, 5.41) is 10.6. The van der Waals surface area contributed by atoms with Crippen molar-refractivity contribution >= 4 is 33.2 Å². The molecule has 23 heavy (non-hydrogen) atoms. The second-order valence-electron chi connectivity index (χ2n) is 5.74. The number of aliphatic hydroxyl groups is 1. The summed E-state index contributed by atoms with van der Waals surface area (Å²) in [6.07, 6.45) is 1.42. The summed E-state index contributed by atoms with van der Waals surface area (Å²) >= 11 is 11.9. The minimum Gasteiger partial charge on any atom is -0.393 e. The van der Waals surface area contributed by atoms with E-state index >= 15 is 0 Å². The van der Waals surface area contributed by atoms with E-state index in [1.54, 1.807) is 6.92 Å². The molecule has 0 spiro atoms. The maximum atomic E-state index is 12.3. The van der Waals surface area contributed by atoms with E-state index in [1.165, 1.54) is 12.1 Å². The number of rotatable bonds is 6. The van der Waals surface area contributed by atoms with Crippen molar-refractivity contribution in [3.8, 4) is 0 Å². The molecule has 1 heterocycles. The Kier molecular flexibility index (Phi) is 6.71. The predicted octanol–water partition coefficient (Wildman–Crippen LogP) is 2.76. The van der Waals surface area contributed by atoms with Crippen LogP contribution in [0.5, 0.6) is 0 Å². The Morgan fingerprint density at radius 2 is 1.96 bits per heavy atom. The second-order valence-corrected chi connectivity index (χ2v) is 8.29. The first-order chi connectivity index (χ1) is 10.8. The number of nitrogens with one attached hydrogen (secondary N) is 1. The molecule has 1 aromatic carbocycles. The molecule has 8 heteroatoms. The van der Waals surface area contributed by atoms with Gasteiger partial charge in [0.2, 0.25) is 10.0 Å². The summed E-state index contributed by atoms with van der Waals surface area (Å²) in [4.78, 5) is 0.00150. The fraction of sp³-hybridized carbons (Fsp3) is 0.600. The monoisotopic (exact) mass is 381 g/mol. The van der Waals surface area contributed by atoms with Gasteiger partial charge in [0.15, 0.2) is 0 Å². The van der Waals surface area contributed by atoms with Crippen molar-refractivity contribution in [1.82, 2.24) is 4.72 Å². The van der Waals surface area contributed by atoms with E-state index in [2.05, 4.69) is 4.72 Å². The number of aliphatic hydroxyl groups excluding tert-OH is 1. The van der Waals surface area contributed by atoms with Crippen molar-refractivity contribution in [2.45, 2.75) is 37.2 Å². The maximum absolute atomic E-state index is 12.3. The van der Waals surface area contributed by atoms with Crippen LogP contribution in [0.1, 0.15) is 24.8 Å². The van der Waals surface area contributed by atoms with Crippen LogP contribution in [0.3, 0.4) is 0 Å². The summed E-state index contributed by atoms with van der Waals surface area (Å²) < 4.78 is 32.4. The van der Waals surface area contributed by atoms with Gasteiger partial charge in [-0.1, -0.05) is 23.2 Å². The Labute approximate surface area is 147 Å². The Hall–Kier alpha value is -0.370. The van der Waals surface area contributed by atoms with Gasteiger partial charge >= 0.3 is 0 Å². The Balaban J connectivity index is 1.95. The Bertz CT molecular complexity index is 645. The number of halogens is 2. The molecule has 0 bridgehead atoms. The molecule has 0 radical (unpaired) electrons. The van der Waals surface area contributed by atoms with Crippen LogP contribution in [0, 0.1) is 12.8 Å². The van der Waals surface area contributed by atoms with Gasteiger partial charge < -0.3 is 9.84 Å². The van der Waals surface area contributed by atoms with Crippen LogP contribution >= 0.6 is 23.2 Å². The third-order valence-electron chi connectivity index (χ3n) is 4.04. The minimum atomic E-state index is -3.73. The van der Waals surface area contributed by atoms with Crippen molar-refractivity contribution in [2.24, 2.45) is 5.92 Å². The highest BCUT2D eigenvalue weighted by atomic mass is 35.5. The van der Waals surface area contributed by atoms with Crippen molar-refractivity contribution in [3.05, 3.63) is 27.7 Å². The highest BCUT2D eigenvalue weighted by Crippen LogP contribution is 2.28. The maximum Gasteiger partial charge on any atom is 0.242 e. The van der Waals surface area contributed by atoms with E-state index in [0.29, 0.717) is 30.2 Å². The summed E-state index contributed by atoms with van der Waals surface area (Å²) in [5.41, 5.74) is 0.638. The summed E-state index contributed by atoms with van der Waals surface area (Å²) in [6.45, 7) is 3.16. The Morgan fingerprint density at radius 1 is 1.30 bits per heavy atom. The van der Waals surface area contributed by atoms with Gasteiger partial charge in [-0.3, -0.25) is 0 Å². The van der Waals surface area contributed by atoms with Gasteiger partial charge in [0.1, 0.15) is 4.90 Å². The SMILES string of the molecule is Cc1cc(S(=O)(=O)NCC[C@@H](O)C2CCOCC2)c(Cl)cc1Cl. The van der Waals surface area contributed by atoms with Crippen LogP contribution in [-0.4, -0.2) is 39.4 Å². The molecule has 1 atom stereocenters. The van der Waals surface area contributed by atoms with Gasteiger partial charge in [-0.25, -0.2) is 13.1 Å². The molecule has 1 saturated heterocycles. The van der Waals surface area contributed by atoms with Crippen LogP contribution in [0.4, 0.5) is 0 Å². The van der Waals surface area contributed by atoms with Crippen LogP contribution in [0.2, 0.25) is 10.0 Å². The third-order valence-corrected chi connectivity index (χ3v) is 6.38. The van der Waals surface area contributed by atoms with E-state index in [-0.39, 0.29) is 22.4 Å². The molecule has 0 amide bonds. The highest BCUT2D eigenvalue weighted by Gasteiger charge is 2.23. The first kappa shape index (κ1) is 19.0. The van der Waals surface area contributed by atoms with Gasteiger partial charge in [-0.15, -0.1) is 0 Å². The highest BCUT2D eigenvalue weighted by molar-refractivity contribution is 7.89. The summed E-state index contributed by atoms with van der Waals surface area (Å²) in [7, 11) is -3.73. The Morgan fingerprint density at radius 3 is 2.61 bits per heavy atom. The van der Waals surface area contributed by atoms with Crippen molar-refractivity contribution in [2.75, 3.05) is 19.8 Å². The fourth-order valence-corrected chi connectivity index (χ4v) is 4.47. The van der Waals surface area contributed by atoms with Gasteiger partial charge in [0.05, 0.1) is 11.1 Å². The first-order valence-electron chi connectivity index (χ1n) is 7.52. The smallest absolute Gasteiger partial charge is 0.242 e. The number of aryl methyl sites for hydroxylation is 1. The molecular formula is C15H21Cl2NO4S. The lowest BCUT2D eigenvalue weighted by Gasteiger charge is -2.26. The molecule has 1 aliphatic heterocycles. The number of sulfonamides is 1. The van der Waals surface area contributed by atoms with Gasteiger partial charge in [0.25, 0.3) is 0 Å². The lowest BCUT2D eigenvalue weighted by molar-refractivity contribution is 0.00567. The molecule has 5 nitrogen and oxygen atoms in total. The molecule has 0 aromatic heterocycles. The standard InChI is InChI=1S/C15H21Cl2NO4S/c1-10-8-15(13(17)9-12(10)16)23(20,21)18-5-2-14(19)11-3-6-22-7-4-11/h8-9,11,14,18-19H,2-7H2,1H3/t14-/m1/s1. The lowest BCUT2D eigenvalue weighted by Crippen LogP contribution is -2.32. The molecule has 1 aliphatic rings.